The van der Waals surface area contributed by atoms with Crippen molar-refractivity contribution >= 4 is 17.2 Å². The van der Waals surface area contributed by atoms with Gasteiger partial charge in [0.1, 0.15) is 5.75 Å². The average molecular weight is 375 g/mol. The predicted octanol–water partition coefficient (Wildman–Crippen LogP) is 3.52. The molecule has 28 heavy (non-hydrogen) atoms. The van der Waals surface area contributed by atoms with Crippen LogP contribution in [0.1, 0.15) is 30.0 Å². The van der Waals surface area contributed by atoms with Gasteiger partial charge in [0.15, 0.2) is 17.3 Å². The molecule has 7 nitrogen and oxygen atoms in total. The van der Waals surface area contributed by atoms with E-state index in [9.17, 15) is 5.11 Å². The summed E-state index contributed by atoms with van der Waals surface area (Å²) in [5.74, 6) is 2.24. The molecule has 0 aliphatic heterocycles. The van der Waals surface area contributed by atoms with Crippen molar-refractivity contribution in [1.82, 2.24) is 19.8 Å². The minimum Gasteiger partial charge on any atom is -0.497 e. The van der Waals surface area contributed by atoms with Gasteiger partial charge in [-0.15, -0.1) is 15.3 Å². The largest absolute Gasteiger partial charge is 0.497 e. The van der Waals surface area contributed by atoms with Gasteiger partial charge in [0, 0.05) is 12.1 Å². The van der Waals surface area contributed by atoms with Gasteiger partial charge in [-0.2, -0.15) is 4.52 Å². The molecule has 0 saturated heterocycles. The first kappa shape index (κ1) is 17.9. The standard InChI is InChI=1S/C21H21N5O2/c1-14(27)16-4-3-5-17(13-16)22-19-10-11-20-23-24-21(26(20)25-19)12-15-6-8-18(28-2)9-7-15/h3-11,13-14,27H,12H2,1-2H3,(H,22,25). The number of benzene rings is 2. The topological polar surface area (TPSA) is 84.6 Å². The van der Waals surface area contributed by atoms with Gasteiger partial charge in [-0.25, -0.2) is 0 Å². The first-order valence-corrected chi connectivity index (χ1v) is 9.02. The Morgan fingerprint density at radius 3 is 2.64 bits per heavy atom. The Morgan fingerprint density at radius 1 is 1.07 bits per heavy atom. The van der Waals surface area contributed by atoms with Gasteiger partial charge < -0.3 is 15.2 Å². The SMILES string of the molecule is COc1ccc(Cc2nnc3ccc(Nc4cccc(C(C)O)c4)nn23)cc1. The van der Waals surface area contributed by atoms with E-state index in [0.717, 1.165) is 28.4 Å². The molecule has 0 spiro atoms. The number of rotatable bonds is 6. The molecule has 0 amide bonds. The van der Waals surface area contributed by atoms with Gasteiger partial charge >= 0.3 is 0 Å². The first-order chi connectivity index (χ1) is 13.6. The maximum Gasteiger partial charge on any atom is 0.178 e. The maximum absolute atomic E-state index is 9.77. The Morgan fingerprint density at radius 2 is 1.89 bits per heavy atom. The monoisotopic (exact) mass is 375 g/mol. The predicted molar refractivity (Wildman–Crippen MR) is 107 cm³/mol. The third-order valence-electron chi connectivity index (χ3n) is 4.49. The van der Waals surface area contributed by atoms with Crippen LogP contribution in [0.2, 0.25) is 0 Å². The second kappa shape index (κ2) is 7.66. The number of nitrogens with zero attached hydrogens (tertiary/aromatic N) is 4. The van der Waals surface area contributed by atoms with Crippen molar-refractivity contribution in [2.75, 3.05) is 12.4 Å². The number of nitrogens with one attached hydrogen (secondary N) is 1. The maximum atomic E-state index is 9.77. The van der Waals surface area contributed by atoms with E-state index in [-0.39, 0.29) is 0 Å². The summed E-state index contributed by atoms with van der Waals surface area (Å²) in [6.07, 6.45) is 0.0881. The van der Waals surface area contributed by atoms with Crippen LogP contribution in [-0.2, 0) is 6.42 Å². The lowest BCUT2D eigenvalue weighted by Crippen LogP contribution is -2.03. The van der Waals surface area contributed by atoms with Crippen molar-refractivity contribution in [3.8, 4) is 5.75 Å². The molecule has 0 bridgehead atoms. The fraction of sp³-hybridized carbons (Fsp3) is 0.190. The molecule has 1 atom stereocenters. The highest BCUT2D eigenvalue weighted by Gasteiger charge is 2.10. The van der Waals surface area contributed by atoms with Crippen LogP contribution in [0.3, 0.4) is 0 Å². The van der Waals surface area contributed by atoms with E-state index in [1.54, 1.807) is 18.5 Å². The highest BCUT2D eigenvalue weighted by Crippen LogP contribution is 2.21. The number of hydrogen-bond donors (Lipinski definition) is 2. The molecule has 142 valence electrons. The van der Waals surface area contributed by atoms with Crippen molar-refractivity contribution < 1.29 is 9.84 Å². The average Bonchev–Trinajstić information content (AvgIpc) is 3.11. The summed E-state index contributed by atoms with van der Waals surface area (Å²) in [5, 5.41) is 26.1. The summed E-state index contributed by atoms with van der Waals surface area (Å²) in [6.45, 7) is 1.74. The lowest BCUT2D eigenvalue weighted by molar-refractivity contribution is 0.199. The van der Waals surface area contributed by atoms with Crippen LogP contribution in [0.5, 0.6) is 5.75 Å². The van der Waals surface area contributed by atoms with Crippen LogP contribution in [0.15, 0.2) is 60.7 Å². The number of methoxy groups -OCH3 is 1. The second-order valence-corrected chi connectivity index (χ2v) is 6.56. The van der Waals surface area contributed by atoms with Gasteiger partial charge in [0.2, 0.25) is 0 Å². The Balaban J connectivity index is 1.59. The zero-order chi connectivity index (χ0) is 19.5. The fourth-order valence-corrected chi connectivity index (χ4v) is 2.96. The number of aliphatic hydroxyl groups excluding tert-OH is 1. The third kappa shape index (κ3) is 3.79. The fourth-order valence-electron chi connectivity index (χ4n) is 2.96. The van der Waals surface area contributed by atoms with Gasteiger partial charge in [-0.3, -0.25) is 0 Å². The van der Waals surface area contributed by atoms with Crippen LogP contribution in [0.25, 0.3) is 5.65 Å². The summed E-state index contributed by atoms with van der Waals surface area (Å²) < 4.78 is 6.94. The van der Waals surface area contributed by atoms with Crippen molar-refractivity contribution in [1.29, 1.82) is 0 Å². The van der Waals surface area contributed by atoms with Gasteiger partial charge in [0.05, 0.1) is 13.2 Å². The molecule has 4 aromatic rings. The smallest absolute Gasteiger partial charge is 0.178 e. The Hall–Kier alpha value is -3.45. The number of fused-ring (bicyclic) bond motifs is 1. The summed E-state index contributed by atoms with van der Waals surface area (Å²) in [4.78, 5) is 0. The molecular weight excluding hydrogens is 354 g/mol. The normalized spacial score (nSPS) is 12.1. The highest BCUT2D eigenvalue weighted by molar-refractivity contribution is 5.58. The third-order valence-corrected chi connectivity index (χ3v) is 4.49. The molecule has 4 rings (SSSR count). The summed E-state index contributed by atoms with van der Waals surface area (Å²) >= 11 is 0. The van der Waals surface area contributed by atoms with Crippen LogP contribution >= 0.6 is 0 Å². The Labute approximate surface area is 162 Å². The summed E-state index contributed by atoms with van der Waals surface area (Å²) in [6, 6.07) is 19.2. The van der Waals surface area contributed by atoms with E-state index in [1.807, 2.05) is 60.7 Å². The van der Waals surface area contributed by atoms with Crippen LogP contribution < -0.4 is 10.1 Å². The molecule has 2 N–H and O–H groups in total. The van der Waals surface area contributed by atoms with E-state index in [1.165, 1.54) is 0 Å². The zero-order valence-electron chi connectivity index (χ0n) is 15.7. The highest BCUT2D eigenvalue weighted by atomic mass is 16.5. The molecule has 2 aromatic heterocycles. The van der Waals surface area contributed by atoms with E-state index < -0.39 is 6.10 Å². The van der Waals surface area contributed by atoms with Crippen LogP contribution in [-0.4, -0.2) is 32.0 Å². The first-order valence-electron chi connectivity index (χ1n) is 9.02. The van der Waals surface area contributed by atoms with Crippen molar-refractivity contribution in [2.45, 2.75) is 19.4 Å². The molecule has 2 aromatic carbocycles. The van der Waals surface area contributed by atoms with Crippen molar-refractivity contribution in [3.05, 3.63) is 77.6 Å². The van der Waals surface area contributed by atoms with Crippen molar-refractivity contribution in [2.24, 2.45) is 0 Å². The molecule has 0 saturated carbocycles. The number of aliphatic hydroxyl groups is 1. The van der Waals surface area contributed by atoms with Crippen LogP contribution in [0.4, 0.5) is 11.5 Å². The molecule has 0 radical (unpaired) electrons. The Bertz CT molecular complexity index is 1090. The zero-order valence-corrected chi connectivity index (χ0v) is 15.7. The molecule has 1 unspecified atom stereocenters. The number of anilines is 2. The van der Waals surface area contributed by atoms with E-state index in [2.05, 4.69) is 20.6 Å². The quantitative estimate of drug-likeness (QED) is 0.536. The number of ether oxygens (including phenoxy) is 1. The second-order valence-electron chi connectivity index (χ2n) is 6.56. The number of hydrogen-bond acceptors (Lipinski definition) is 6. The Kier molecular flexibility index (Phi) is 4.90. The van der Waals surface area contributed by atoms with Gasteiger partial charge in [0.25, 0.3) is 0 Å². The molecule has 2 heterocycles. The van der Waals surface area contributed by atoms with E-state index >= 15 is 0 Å². The van der Waals surface area contributed by atoms with Crippen LogP contribution in [0, 0.1) is 0 Å². The van der Waals surface area contributed by atoms with E-state index in [0.29, 0.717) is 17.9 Å². The molecular formula is C21H21N5O2. The summed E-state index contributed by atoms with van der Waals surface area (Å²) in [7, 11) is 1.65. The van der Waals surface area contributed by atoms with Gasteiger partial charge in [-0.05, 0) is 54.4 Å². The minimum atomic E-state index is -0.522. The molecule has 0 fully saturated rings. The number of aromatic nitrogens is 4. The lowest BCUT2D eigenvalue weighted by Gasteiger charge is -2.10. The molecule has 0 aliphatic carbocycles. The van der Waals surface area contributed by atoms with Gasteiger partial charge in [-0.1, -0.05) is 24.3 Å². The molecule has 0 aliphatic rings. The van der Waals surface area contributed by atoms with Crippen molar-refractivity contribution in [3.63, 3.8) is 0 Å². The minimum absolute atomic E-state index is 0.522. The molecule has 7 heteroatoms. The summed E-state index contributed by atoms with van der Waals surface area (Å²) in [5.41, 5.74) is 3.48. The lowest BCUT2D eigenvalue weighted by atomic mass is 10.1. The van der Waals surface area contributed by atoms with E-state index in [4.69, 9.17) is 4.74 Å².